The van der Waals surface area contributed by atoms with E-state index in [4.69, 9.17) is 16.3 Å². The van der Waals surface area contributed by atoms with Gasteiger partial charge < -0.3 is 4.74 Å². The lowest BCUT2D eigenvalue weighted by Crippen LogP contribution is -2.14. The first-order chi connectivity index (χ1) is 14.5. The van der Waals surface area contributed by atoms with Crippen molar-refractivity contribution in [3.63, 3.8) is 0 Å². The van der Waals surface area contributed by atoms with E-state index < -0.39 is 21.8 Å². The average Bonchev–Trinajstić information content (AvgIpc) is 2.69. The Morgan fingerprint density at radius 3 is 2.35 bits per heavy atom. The molecule has 5 nitrogen and oxygen atoms in total. The van der Waals surface area contributed by atoms with Gasteiger partial charge in [0, 0.05) is 10.2 Å². The van der Waals surface area contributed by atoms with Crippen molar-refractivity contribution in [2.24, 2.45) is 0 Å². The molecule has 0 saturated carbocycles. The Bertz CT molecular complexity index is 1270. The number of nitriles is 1. The van der Waals surface area contributed by atoms with Crippen molar-refractivity contribution >= 4 is 43.2 Å². The molecule has 0 aliphatic rings. The van der Waals surface area contributed by atoms with E-state index in [1.54, 1.807) is 6.07 Å². The summed E-state index contributed by atoms with van der Waals surface area (Å²) in [7, 11) is -4.16. The molecule has 0 atom stereocenters. The SMILES string of the molecule is N#Cc1c(Cl)cccc1Oc1ccc(S(=O)(=O)Nc2ccc(Br)c(C(F)(F)F)c2)cc1. The van der Waals surface area contributed by atoms with Crippen LogP contribution in [0.15, 0.2) is 70.0 Å². The molecule has 0 aliphatic heterocycles. The van der Waals surface area contributed by atoms with Gasteiger partial charge in [0.25, 0.3) is 10.0 Å². The Labute approximate surface area is 189 Å². The largest absolute Gasteiger partial charge is 0.456 e. The van der Waals surface area contributed by atoms with Crippen LogP contribution < -0.4 is 9.46 Å². The molecule has 0 amide bonds. The molecule has 0 spiro atoms. The van der Waals surface area contributed by atoms with Crippen molar-refractivity contribution < 1.29 is 26.3 Å². The highest BCUT2D eigenvalue weighted by atomic mass is 79.9. The highest BCUT2D eigenvalue weighted by Gasteiger charge is 2.33. The molecular weight excluding hydrogens is 521 g/mol. The number of rotatable bonds is 5. The van der Waals surface area contributed by atoms with Gasteiger partial charge in [-0.15, -0.1) is 0 Å². The van der Waals surface area contributed by atoms with Gasteiger partial charge in [-0.2, -0.15) is 18.4 Å². The summed E-state index contributed by atoms with van der Waals surface area (Å²) in [5.74, 6) is 0.430. The summed E-state index contributed by atoms with van der Waals surface area (Å²) in [6, 6.07) is 14.7. The molecule has 31 heavy (non-hydrogen) atoms. The molecule has 1 N–H and O–H groups in total. The molecule has 3 rings (SSSR count). The molecule has 0 bridgehead atoms. The quantitative estimate of drug-likeness (QED) is 0.403. The molecule has 3 aromatic carbocycles. The molecule has 0 saturated heterocycles. The minimum atomic E-state index is -4.65. The van der Waals surface area contributed by atoms with Gasteiger partial charge in [-0.1, -0.05) is 33.6 Å². The van der Waals surface area contributed by atoms with Crippen LogP contribution in [0.2, 0.25) is 5.02 Å². The van der Waals surface area contributed by atoms with Crippen LogP contribution in [0.25, 0.3) is 0 Å². The molecule has 160 valence electrons. The number of ether oxygens (including phenoxy) is 1. The number of halogens is 5. The van der Waals surface area contributed by atoms with Crippen molar-refractivity contribution in [3.05, 3.63) is 81.3 Å². The van der Waals surface area contributed by atoms with Crippen LogP contribution in [0.5, 0.6) is 11.5 Å². The van der Waals surface area contributed by atoms with Gasteiger partial charge in [0.2, 0.25) is 0 Å². The molecule has 0 radical (unpaired) electrons. The number of alkyl halides is 3. The third-order valence-corrected chi connectivity index (χ3v) is 6.38. The molecule has 11 heteroatoms. The monoisotopic (exact) mass is 530 g/mol. The van der Waals surface area contributed by atoms with Gasteiger partial charge >= 0.3 is 6.18 Å². The number of hydrogen-bond acceptors (Lipinski definition) is 4. The zero-order valence-electron chi connectivity index (χ0n) is 15.2. The van der Waals surface area contributed by atoms with E-state index in [2.05, 4.69) is 20.7 Å². The fourth-order valence-corrected chi connectivity index (χ4v) is 4.26. The van der Waals surface area contributed by atoms with E-state index >= 15 is 0 Å². The van der Waals surface area contributed by atoms with E-state index in [0.717, 1.165) is 6.07 Å². The fourth-order valence-electron chi connectivity index (χ4n) is 2.53. The molecule has 3 aromatic rings. The minimum absolute atomic E-state index is 0.123. The Hall–Kier alpha value is -2.74. The molecule has 0 aliphatic carbocycles. The van der Waals surface area contributed by atoms with Crippen LogP contribution in [0.1, 0.15) is 11.1 Å². The van der Waals surface area contributed by atoms with Gasteiger partial charge in [-0.3, -0.25) is 4.72 Å². The van der Waals surface area contributed by atoms with Crippen molar-refractivity contribution in [1.82, 2.24) is 0 Å². The normalized spacial score (nSPS) is 11.6. The van der Waals surface area contributed by atoms with Crippen molar-refractivity contribution in [2.75, 3.05) is 4.72 Å². The summed E-state index contributed by atoms with van der Waals surface area (Å²) in [5, 5.41) is 9.38. The molecule has 0 unspecified atom stereocenters. The van der Waals surface area contributed by atoms with E-state index in [9.17, 15) is 26.9 Å². The van der Waals surface area contributed by atoms with Crippen molar-refractivity contribution in [1.29, 1.82) is 5.26 Å². The molecule has 0 fully saturated rings. The maximum atomic E-state index is 13.0. The predicted octanol–water partition coefficient (Wildman–Crippen LogP) is 6.59. The number of anilines is 1. The summed E-state index contributed by atoms with van der Waals surface area (Å²) in [6.07, 6.45) is -4.65. The second-order valence-corrected chi connectivity index (χ2v) is 9.04. The first kappa shape index (κ1) is 22.9. The molecule has 0 heterocycles. The van der Waals surface area contributed by atoms with E-state index in [1.165, 1.54) is 42.5 Å². The Morgan fingerprint density at radius 2 is 1.74 bits per heavy atom. The zero-order valence-corrected chi connectivity index (χ0v) is 18.4. The van der Waals surface area contributed by atoms with Gasteiger partial charge in [0.1, 0.15) is 23.1 Å². The summed E-state index contributed by atoms with van der Waals surface area (Å²) >= 11 is 8.74. The van der Waals surface area contributed by atoms with Crippen LogP contribution in [0.3, 0.4) is 0 Å². The van der Waals surface area contributed by atoms with E-state index in [1.807, 2.05) is 6.07 Å². The second kappa shape index (κ2) is 8.78. The number of benzene rings is 3. The second-order valence-electron chi connectivity index (χ2n) is 6.10. The maximum Gasteiger partial charge on any atom is 0.417 e. The van der Waals surface area contributed by atoms with Crippen LogP contribution >= 0.6 is 27.5 Å². The summed E-state index contributed by atoms with van der Waals surface area (Å²) in [5.41, 5.74) is -1.13. The zero-order chi connectivity index (χ0) is 22.8. The molecule has 0 aromatic heterocycles. The van der Waals surface area contributed by atoms with Crippen molar-refractivity contribution in [2.45, 2.75) is 11.1 Å². The van der Waals surface area contributed by atoms with Crippen LogP contribution in [-0.4, -0.2) is 8.42 Å². The van der Waals surface area contributed by atoms with Gasteiger partial charge in [-0.25, -0.2) is 8.42 Å². The smallest absolute Gasteiger partial charge is 0.417 e. The predicted molar refractivity (Wildman–Crippen MR) is 113 cm³/mol. The van der Waals surface area contributed by atoms with E-state index in [-0.39, 0.29) is 37.1 Å². The van der Waals surface area contributed by atoms with E-state index in [0.29, 0.717) is 6.07 Å². The highest BCUT2D eigenvalue weighted by Crippen LogP contribution is 2.37. The summed E-state index contributed by atoms with van der Waals surface area (Å²) in [4.78, 5) is -0.192. The fraction of sp³-hybridized carbons (Fsp3) is 0.0500. The minimum Gasteiger partial charge on any atom is -0.456 e. The van der Waals surface area contributed by atoms with Gasteiger partial charge in [-0.05, 0) is 54.6 Å². The lowest BCUT2D eigenvalue weighted by atomic mass is 10.2. The van der Waals surface area contributed by atoms with Crippen molar-refractivity contribution in [3.8, 4) is 17.6 Å². The maximum absolute atomic E-state index is 13.0. The average molecular weight is 532 g/mol. The van der Waals surface area contributed by atoms with Gasteiger partial charge in [0.05, 0.1) is 15.5 Å². The third kappa shape index (κ3) is 5.31. The Kier molecular flexibility index (Phi) is 6.50. The Morgan fingerprint density at radius 1 is 1.06 bits per heavy atom. The number of sulfonamides is 1. The lowest BCUT2D eigenvalue weighted by Gasteiger charge is -2.13. The molecular formula is C20H11BrClF3N2O3S. The summed E-state index contributed by atoms with van der Waals surface area (Å²) in [6.45, 7) is 0. The van der Waals surface area contributed by atoms with Crippen LogP contribution in [-0.2, 0) is 16.2 Å². The number of nitrogens with one attached hydrogen (secondary N) is 1. The van der Waals surface area contributed by atoms with Crippen LogP contribution in [0.4, 0.5) is 18.9 Å². The number of nitrogens with zero attached hydrogens (tertiary/aromatic N) is 1. The third-order valence-electron chi connectivity index (χ3n) is 3.97. The number of hydrogen-bond donors (Lipinski definition) is 1. The van der Waals surface area contributed by atoms with Gasteiger partial charge in [0.15, 0.2) is 0 Å². The first-order valence-corrected chi connectivity index (χ1v) is 11.0. The topological polar surface area (TPSA) is 79.2 Å². The van der Waals surface area contributed by atoms with Crippen LogP contribution in [0, 0.1) is 11.3 Å². The lowest BCUT2D eigenvalue weighted by molar-refractivity contribution is -0.138. The standard InChI is InChI=1S/C20H11BrClF3N2O3S/c21-17-9-4-12(10-16(17)20(23,24)25)27-31(28,29)14-7-5-13(6-8-14)30-19-3-1-2-18(22)15(19)11-26/h1-10,27H. The highest BCUT2D eigenvalue weighted by molar-refractivity contribution is 9.10. The first-order valence-electron chi connectivity index (χ1n) is 8.37. The Balaban J connectivity index is 1.83. The summed E-state index contributed by atoms with van der Waals surface area (Å²) < 4.78 is 71.7.